The minimum absolute atomic E-state index is 0.0870. The lowest BCUT2D eigenvalue weighted by molar-refractivity contribution is -0.384. The van der Waals surface area contributed by atoms with Crippen molar-refractivity contribution >= 4 is 29.1 Å². The van der Waals surface area contributed by atoms with Gasteiger partial charge in [0, 0.05) is 26.4 Å². The van der Waals surface area contributed by atoms with E-state index in [-0.39, 0.29) is 23.1 Å². The number of pyridine rings is 1. The molecule has 2 rings (SSSR count). The molecule has 0 atom stereocenters. The van der Waals surface area contributed by atoms with E-state index >= 15 is 0 Å². The van der Waals surface area contributed by atoms with Crippen LogP contribution in [-0.4, -0.2) is 34.1 Å². The van der Waals surface area contributed by atoms with Crippen LogP contribution in [0.1, 0.15) is 5.89 Å². The van der Waals surface area contributed by atoms with Crippen molar-refractivity contribution in [2.45, 2.75) is 6.54 Å². The Morgan fingerprint density at radius 1 is 1.55 bits per heavy atom. The van der Waals surface area contributed by atoms with Crippen LogP contribution < -0.4 is 10.2 Å². The highest BCUT2D eigenvalue weighted by Crippen LogP contribution is 2.25. The highest BCUT2D eigenvalue weighted by Gasteiger charge is 2.17. The number of nitrogens with zero attached hydrogens (tertiary/aromatic N) is 5. The smallest absolute Gasteiger partial charge is 0.312 e. The normalized spacial score (nSPS) is 10.3. The van der Waals surface area contributed by atoms with E-state index < -0.39 is 4.92 Å². The van der Waals surface area contributed by atoms with Crippen LogP contribution >= 0.6 is 11.6 Å². The SMILES string of the molecule is CN(C)c1noc(CNc2ncc(Cl)cc2[N+](=O)[O-])n1. The topological polar surface area (TPSA) is 110 Å². The van der Waals surface area contributed by atoms with Crippen LogP contribution in [0.25, 0.3) is 0 Å². The summed E-state index contributed by atoms with van der Waals surface area (Å²) in [5.74, 6) is 0.795. The number of halogens is 1. The van der Waals surface area contributed by atoms with E-state index in [0.717, 1.165) is 0 Å². The van der Waals surface area contributed by atoms with Gasteiger partial charge in [-0.1, -0.05) is 11.6 Å². The molecular formula is C10H11ClN6O3. The predicted octanol–water partition coefficient (Wildman–Crippen LogP) is 1.70. The molecule has 106 valence electrons. The number of anilines is 2. The molecule has 0 aliphatic rings. The maximum Gasteiger partial charge on any atom is 0.312 e. The zero-order chi connectivity index (χ0) is 14.7. The molecule has 0 radical (unpaired) electrons. The van der Waals surface area contributed by atoms with Gasteiger partial charge in [0.15, 0.2) is 0 Å². The number of rotatable bonds is 5. The quantitative estimate of drug-likeness (QED) is 0.656. The molecule has 1 N–H and O–H groups in total. The van der Waals surface area contributed by atoms with E-state index in [1.807, 2.05) is 0 Å². The number of hydrogen-bond donors (Lipinski definition) is 1. The highest BCUT2D eigenvalue weighted by atomic mass is 35.5. The summed E-state index contributed by atoms with van der Waals surface area (Å²) < 4.78 is 4.98. The standard InChI is InChI=1S/C10H11ClN6O3/c1-16(2)10-14-8(20-15-10)5-13-9-7(17(18)19)3-6(11)4-12-9/h3-4H,5H2,1-2H3,(H,12,13). The fourth-order valence-corrected chi connectivity index (χ4v) is 1.51. The van der Waals surface area contributed by atoms with Crippen LogP contribution in [0.4, 0.5) is 17.5 Å². The molecule has 9 nitrogen and oxygen atoms in total. The van der Waals surface area contributed by atoms with Crippen molar-refractivity contribution in [2.24, 2.45) is 0 Å². The van der Waals surface area contributed by atoms with E-state index in [2.05, 4.69) is 20.4 Å². The van der Waals surface area contributed by atoms with Gasteiger partial charge in [0.25, 0.3) is 5.95 Å². The van der Waals surface area contributed by atoms with E-state index in [1.165, 1.54) is 12.3 Å². The van der Waals surface area contributed by atoms with Gasteiger partial charge in [-0.25, -0.2) is 4.98 Å². The molecule has 0 amide bonds. The second-order valence-corrected chi connectivity index (χ2v) is 4.45. The second-order valence-electron chi connectivity index (χ2n) is 4.01. The molecule has 0 saturated carbocycles. The largest absolute Gasteiger partial charge is 0.355 e. The van der Waals surface area contributed by atoms with Crippen molar-refractivity contribution in [1.82, 2.24) is 15.1 Å². The fraction of sp³-hybridized carbons (Fsp3) is 0.300. The summed E-state index contributed by atoms with van der Waals surface area (Å²) >= 11 is 5.68. The third kappa shape index (κ3) is 3.12. The highest BCUT2D eigenvalue weighted by molar-refractivity contribution is 6.30. The Hall–Kier alpha value is -2.42. The van der Waals surface area contributed by atoms with Gasteiger partial charge in [-0.3, -0.25) is 10.1 Å². The Labute approximate surface area is 118 Å². The van der Waals surface area contributed by atoms with E-state index in [4.69, 9.17) is 16.1 Å². The Morgan fingerprint density at radius 2 is 2.30 bits per heavy atom. The molecule has 0 saturated heterocycles. The van der Waals surface area contributed by atoms with E-state index in [0.29, 0.717) is 11.8 Å². The number of nitrogens with one attached hydrogen (secondary N) is 1. The predicted molar refractivity (Wildman–Crippen MR) is 71.9 cm³/mol. The third-order valence-electron chi connectivity index (χ3n) is 2.30. The lowest BCUT2D eigenvalue weighted by atomic mass is 10.4. The maximum atomic E-state index is 10.9. The molecular weight excluding hydrogens is 288 g/mol. The number of aromatic nitrogens is 3. The van der Waals surface area contributed by atoms with Crippen molar-refractivity contribution in [3.05, 3.63) is 33.3 Å². The molecule has 0 aromatic carbocycles. The summed E-state index contributed by atoms with van der Waals surface area (Å²) in [7, 11) is 3.54. The Bertz CT molecular complexity index is 629. The zero-order valence-electron chi connectivity index (χ0n) is 10.7. The van der Waals surface area contributed by atoms with Crippen LogP contribution in [0.2, 0.25) is 5.02 Å². The molecule has 10 heteroatoms. The summed E-state index contributed by atoms with van der Waals surface area (Å²) in [6, 6.07) is 1.22. The molecule has 0 bridgehead atoms. The van der Waals surface area contributed by atoms with Crippen LogP contribution in [0.5, 0.6) is 0 Å². The Kier molecular flexibility index (Phi) is 3.99. The van der Waals surface area contributed by atoms with E-state index in [1.54, 1.807) is 19.0 Å². The first-order valence-corrected chi connectivity index (χ1v) is 5.89. The Morgan fingerprint density at radius 3 is 2.90 bits per heavy atom. The van der Waals surface area contributed by atoms with Crippen molar-refractivity contribution in [2.75, 3.05) is 24.3 Å². The monoisotopic (exact) mass is 298 g/mol. The van der Waals surface area contributed by atoms with Crippen molar-refractivity contribution < 1.29 is 9.45 Å². The van der Waals surface area contributed by atoms with Gasteiger partial charge in [-0.15, -0.1) is 0 Å². The first-order chi connectivity index (χ1) is 9.47. The van der Waals surface area contributed by atoms with Gasteiger partial charge in [0.05, 0.1) is 16.5 Å². The van der Waals surface area contributed by atoms with Gasteiger partial charge in [-0.05, 0) is 5.16 Å². The third-order valence-corrected chi connectivity index (χ3v) is 2.50. The van der Waals surface area contributed by atoms with Gasteiger partial charge in [-0.2, -0.15) is 4.98 Å². The molecule has 20 heavy (non-hydrogen) atoms. The summed E-state index contributed by atoms with van der Waals surface area (Å²) in [5.41, 5.74) is -0.218. The molecule has 2 aromatic rings. The first-order valence-electron chi connectivity index (χ1n) is 5.51. The molecule has 0 unspecified atom stereocenters. The minimum atomic E-state index is -0.569. The summed E-state index contributed by atoms with van der Waals surface area (Å²) in [6.07, 6.45) is 1.32. The van der Waals surface area contributed by atoms with Gasteiger partial charge in [0.1, 0.15) is 0 Å². The average Bonchev–Trinajstić information content (AvgIpc) is 2.86. The molecule has 0 fully saturated rings. The first kappa shape index (κ1) is 14.0. The maximum absolute atomic E-state index is 10.9. The Balaban J connectivity index is 2.12. The zero-order valence-corrected chi connectivity index (χ0v) is 11.5. The minimum Gasteiger partial charge on any atom is -0.355 e. The fourth-order valence-electron chi connectivity index (χ4n) is 1.36. The molecule has 2 aromatic heterocycles. The number of hydrogen-bond acceptors (Lipinski definition) is 8. The molecule has 2 heterocycles. The van der Waals surface area contributed by atoms with Crippen molar-refractivity contribution in [3.8, 4) is 0 Å². The molecule has 0 spiro atoms. The van der Waals surface area contributed by atoms with Gasteiger partial charge >= 0.3 is 5.69 Å². The van der Waals surface area contributed by atoms with Gasteiger partial charge < -0.3 is 14.7 Å². The lowest BCUT2D eigenvalue weighted by Crippen LogP contribution is -2.10. The van der Waals surface area contributed by atoms with Crippen LogP contribution in [-0.2, 0) is 6.54 Å². The van der Waals surface area contributed by atoms with E-state index in [9.17, 15) is 10.1 Å². The lowest BCUT2D eigenvalue weighted by Gasteiger charge is -2.04. The molecule has 0 aliphatic heterocycles. The number of nitro groups is 1. The summed E-state index contributed by atoms with van der Waals surface area (Å²) in [4.78, 5) is 19.9. The van der Waals surface area contributed by atoms with Crippen molar-refractivity contribution in [1.29, 1.82) is 0 Å². The molecule has 0 aliphatic carbocycles. The summed E-state index contributed by atoms with van der Waals surface area (Å²) in [6.45, 7) is 0.121. The average molecular weight is 299 g/mol. The van der Waals surface area contributed by atoms with Gasteiger partial charge in [0.2, 0.25) is 11.7 Å². The van der Waals surface area contributed by atoms with Crippen LogP contribution in [0, 0.1) is 10.1 Å². The van der Waals surface area contributed by atoms with Crippen molar-refractivity contribution in [3.63, 3.8) is 0 Å². The second kappa shape index (κ2) is 5.70. The van der Waals surface area contributed by atoms with Crippen LogP contribution in [0.15, 0.2) is 16.8 Å². The summed E-state index contributed by atoms with van der Waals surface area (Å²) in [5, 5.41) is 17.6. The van der Waals surface area contributed by atoms with Crippen LogP contribution in [0.3, 0.4) is 0 Å².